The average Bonchev–Trinajstić information content (AvgIpc) is 2.96. The summed E-state index contributed by atoms with van der Waals surface area (Å²) in [7, 11) is 0. The molecule has 6 nitrogen and oxygen atoms in total. The Kier molecular flexibility index (Phi) is 5.09. The van der Waals surface area contributed by atoms with Crippen molar-refractivity contribution in [3.63, 3.8) is 0 Å². The lowest BCUT2D eigenvalue weighted by Gasteiger charge is -2.07. The second-order valence-electron chi connectivity index (χ2n) is 4.67. The Balaban J connectivity index is 1.81. The first-order chi connectivity index (χ1) is 10.1. The van der Waals surface area contributed by atoms with E-state index in [-0.39, 0.29) is 11.8 Å². The highest BCUT2D eigenvalue weighted by Gasteiger charge is 2.06. The molecule has 2 rings (SSSR count). The summed E-state index contributed by atoms with van der Waals surface area (Å²) >= 11 is 0. The molecule has 0 saturated heterocycles. The van der Waals surface area contributed by atoms with Crippen LogP contribution in [-0.2, 0) is 11.3 Å². The van der Waals surface area contributed by atoms with Gasteiger partial charge < -0.3 is 15.2 Å². The number of benzene rings is 1. The van der Waals surface area contributed by atoms with Crippen molar-refractivity contribution in [1.82, 2.24) is 14.9 Å². The fourth-order valence-corrected chi connectivity index (χ4v) is 1.93. The Labute approximate surface area is 123 Å². The first-order valence-electron chi connectivity index (χ1n) is 6.77. The number of nitrogens with zero attached hydrogens (tertiary/aromatic N) is 2. The first kappa shape index (κ1) is 14.8. The number of imidazole rings is 1. The second kappa shape index (κ2) is 7.23. The van der Waals surface area contributed by atoms with Crippen molar-refractivity contribution in [3.8, 4) is 0 Å². The molecule has 0 atom stereocenters. The SMILES string of the molecule is CC(=O)Nc1cccc(C(=O)NCCCn2ccnc2)c1. The third kappa shape index (κ3) is 4.76. The molecule has 0 spiro atoms. The van der Waals surface area contributed by atoms with Crippen LogP contribution in [0, 0.1) is 0 Å². The Morgan fingerprint density at radius 2 is 2.19 bits per heavy atom. The molecule has 0 aliphatic rings. The van der Waals surface area contributed by atoms with Crippen molar-refractivity contribution >= 4 is 17.5 Å². The molecule has 0 radical (unpaired) electrons. The molecule has 0 unspecified atom stereocenters. The van der Waals surface area contributed by atoms with Crippen LogP contribution in [0.25, 0.3) is 0 Å². The fraction of sp³-hybridized carbons (Fsp3) is 0.267. The summed E-state index contributed by atoms with van der Waals surface area (Å²) in [6.45, 7) is 2.83. The number of aryl methyl sites for hydroxylation is 1. The average molecular weight is 286 g/mol. The Morgan fingerprint density at radius 3 is 2.90 bits per heavy atom. The van der Waals surface area contributed by atoms with Crippen LogP contribution < -0.4 is 10.6 Å². The largest absolute Gasteiger partial charge is 0.352 e. The van der Waals surface area contributed by atoms with Gasteiger partial charge in [-0.3, -0.25) is 9.59 Å². The van der Waals surface area contributed by atoms with Crippen molar-refractivity contribution in [1.29, 1.82) is 0 Å². The third-order valence-corrected chi connectivity index (χ3v) is 2.88. The van der Waals surface area contributed by atoms with Gasteiger partial charge >= 0.3 is 0 Å². The number of rotatable bonds is 6. The van der Waals surface area contributed by atoms with E-state index in [1.807, 2.05) is 10.8 Å². The van der Waals surface area contributed by atoms with E-state index in [4.69, 9.17) is 0 Å². The number of aromatic nitrogens is 2. The summed E-state index contributed by atoms with van der Waals surface area (Å²) in [5.74, 6) is -0.305. The van der Waals surface area contributed by atoms with Crippen LogP contribution in [0.4, 0.5) is 5.69 Å². The van der Waals surface area contributed by atoms with Crippen LogP contribution in [0.1, 0.15) is 23.7 Å². The van der Waals surface area contributed by atoms with Crippen molar-refractivity contribution in [2.75, 3.05) is 11.9 Å². The van der Waals surface area contributed by atoms with Crippen LogP contribution in [-0.4, -0.2) is 27.9 Å². The van der Waals surface area contributed by atoms with E-state index in [1.54, 1.807) is 36.8 Å². The minimum atomic E-state index is -0.159. The highest BCUT2D eigenvalue weighted by Crippen LogP contribution is 2.10. The normalized spacial score (nSPS) is 10.1. The molecule has 2 amide bonds. The Morgan fingerprint density at radius 1 is 1.33 bits per heavy atom. The number of amides is 2. The van der Waals surface area contributed by atoms with Gasteiger partial charge in [-0.25, -0.2) is 4.98 Å². The molecule has 2 aromatic rings. The van der Waals surface area contributed by atoms with Crippen molar-refractivity contribution < 1.29 is 9.59 Å². The summed E-state index contributed by atoms with van der Waals surface area (Å²) in [4.78, 5) is 27.0. The lowest BCUT2D eigenvalue weighted by atomic mass is 10.2. The van der Waals surface area contributed by atoms with Gasteiger partial charge in [-0.1, -0.05) is 6.07 Å². The van der Waals surface area contributed by atoms with Gasteiger partial charge in [-0.05, 0) is 24.6 Å². The summed E-state index contributed by atoms with van der Waals surface area (Å²) in [5.41, 5.74) is 1.15. The number of carbonyl (C=O) groups excluding carboxylic acids is 2. The topological polar surface area (TPSA) is 76.0 Å². The molecule has 21 heavy (non-hydrogen) atoms. The lowest BCUT2D eigenvalue weighted by molar-refractivity contribution is -0.114. The number of hydrogen-bond acceptors (Lipinski definition) is 3. The van der Waals surface area contributed by atoms with E-state index < -0.39 is 0 Å². The zero-order valence-corrected chi connectivity index (χ0v) is 11.9. The van der Waals surface area contributed by atoms with Gasteiger partial charge in [0, 0.05) is 43.7 Å². The van der Waals surface area contributed by atoms with E-state index in [0.717, 1.165) is 13.0 Å². The minimum Gasteiger partial charge on any atom is -0.352 e. The van der Waals surface area contributed by atoms with Gasteiger partial charge in [0.2, 0.25) is 5.91 Å². The molecule has 1 aromatic heterocycles. The third-order valence-electron chi connectivity index (χ3n) is 2.88. The number of anilines is 1. The molecule has 0 saturated carbocycles. The molecule has 1 aromatic carbocycles. The van der Waals surface area contributed by atoms with E-state index in [1.165, 1.54) is 6.92 Å². The van der Waals surface area contributed by atoms with Crippen molar-refractivity contribution in [2.24, 2.45) is 0 Å². The maximum atomic E-state index is 12.0. The smallest absolute Gasteiger partial charge is 0.251 e. The Hall–Kier alpha value is -2.63. The van der Waals surface area contributed by atoms with Crippen LogP contribution in [0.15, 0.2) is 43.0 Å². The monoisotopic (exact) mass is 286 g/mol. The predicted octanol–water partition coefficient (Wildman–Crippen LogP) is 1.66. The van der Waals surface area contributed by atoms with Crippen LogP contribution >= 0.6 is 0 Å². The summed E-state index contributed by atoms with van der Waals surface area (Å²) < 4.78 is 1.96. The number of nitrogens with one attached hydrogen (secondary N) is 2. The van der Waals surface area contributed by atoms with Crippen LogP contribution in [0.2, 0.25) is 0 Å². The van der Waals surface area contributed by atoms with E-state index in [9.17, 15) is 9.59 Å². The standard InChI is InChI=1S/C15H18N4O2/c1-12(20)18-14-5-2-4-13(10-14)15(21)17-6-3-8-19-9-7-16-11-19/h2,4-5,7,9-11H,3,6,8H2,1H3,(H,17,21)(H,18,20). The maximum Gasteiger partial charge on any atom is 0.251 e. The summed E-state index contributed by atoms with van der Waals surface area (Å²) in [5, 5.41) is 5.51. The van der Waals surface area contributed by atoms with E-state index in [2.05, 4.69) is 15.6 Å². The summed E-state index contributed by atoms with van der Waals surface area (Å²) in [6, 6.07) is 6.87. The maximum absolute atomic E-state index is 12.0. The van der Waals surface area contributed by atoms with Crippen LogP contribution in [0.3, 0.4) is 0 Å². The zero-order valence-electron chi connectivity index (χ0n) is 11.9. The van der Waals surface area contributed by atoms with Gasteiger partial charge in [0.15, 0.2) is 0 Å². The predicted molar refractivity (Wildman–Crippen MR) is 79.9 cm³/mol. The number of hydrogen-bond donors (Lipinski definition) is 2. The highest BCUT2D eigenvalue weighted by molar-refractivity contribution is 5.96. The van der Waals surface area contributed by atoms with Gasteiger partial charge in [0.1, 0.15) is 0 Å². The van der Waals surface area contributed by atoms with Gasteiger partial charge in [0.05, 0.1) is 6.33 Å². The van der Waals surface area contributed by atoms with Crippen molar-refractivity contribution in [3.05, 3.63) is 48.5 Å². The summed E-state index contributed by atoms with van der Waals surface area (Å²) in [6.07, 6.45) is 6.19. The lowest BCUT2D eigenvalue weighted by Crippen LogP contribution is -2.25. The molecule has 0 fully saturated rings. The van der Waals surface area contributed by atoms with Gasteiger partial charge in [-0.2, -0.15) is 0 Å². The molecule has 0 bridgehead atoms. The van der Waals surface area contributed by atoms with Crippen LogP contribution in [0.5, 0.6) is 0 Å². The van der Waals surface area contributed by atoms with Crippen molar-refractivity contribution in [2.45, 2.75) is 19.9 Å². The fourth-order valence-electron chi connectivity index (χ4n) is 1.93. The van der Waals surface area contributed by atoms with Gasteiger partial charge in [0.25, 0.3) is 5.91 Å². The molecule has 1 heterocycles. The number of carbonyl (C=O) groups is 2. The minimum absolute atomic E-state index is 0.146. The molecule has 6 heteroatoms. The zero-order chi connectivity index (χ0) is 15.1. The highest BCUT2D eigenvalue weighted by atomic mass is 16.2. The quantitative estimate of drug-likeness (QED) is 0.793. The van der Waals surface area contributed by atoms with E-state index in [0.29, 0.717) is 17.8 Å². The molecule has 2 N–H and O–H groups in total. The Bertz CT molecular complexity index is 608. The first-order valence-corrected chi connectivity index (χ1v) is 6.77. The second-order valence-corrected chi connectivity index (χ2v) is 4.67. The van der Waals surface area contributed by atoms with E-state index >= 15 is 0 Å². The molecule has 0 aliphatic heterocycles. The molecular formula is C15H18N4O2. The van der Waals surface area contributed by atoms with Gasteiger partial charge in [-0.15, -0.1) is 0 Å². The molecule has 0 aliphatic carbocycles. The molecular weight excluding hydrogens is 268 g/mol. The molecule has 110 valence electrons.